The van der Waals surface area contributed by atoms with E-state index in [1.54, 1.807) is 30.5 Å². The van der Waals surface area contributed by atoms with Gasteiger partial charge < -0.3 is 15.8 Å². The van der Waals surface area contributed by atoms with Gasteiger partial charge in [0.1, 0.15) is 11.3 Å². The molecule has 3 amide bonds. The first-order chi connectivity index (χ1) is 16.5. The zero-order valence-electron chi connectivity index (χ0n) is 18.2. The Balaban J connectivity index is 1.44. The van der Waals surface area contributed by atoms with E-state index in [0.29, 0.717) is 36.2 Å². The molecule has 0 unspecified atom stereocenters. The number of urea groups is 1. The first-order valence-electron chi connectivity index (χ1n) is 10.7. The predicted octanol–water partition coefficient (Wildman–Crippen LogP) is 2.57. The van der Waals surface area contributed by atoms with Crippen molar-refractivity contribution >= 4 is 51.5 Å². The van der Waals surface area contributed by atoms with Crippen molar-refractivity contribution in [3.8, 4) is 0 Å². The summed E-state index contributed by atoms with van der Waals surface area (Å²) in [7, 11) is 0. The molecule has 11 heteroatoms. The van der Waals surface area contributed by atoms with Gasteiger partial charge in [0.15, 0.2) is 5.96 Å². The molecular formula is C23H24N8O3. The number of guanidine groups is 1. The van der Waals surface area contributed by atoms with Crippen LogP contribution in [0.15, 0.2) is 59.7 Å². The van der Waals surface area contributed by atoms with Crippen LogP contribution < -0.4 is 21.7 Å². The molecule has 2 heterocycles. The highest BCUT2D eigenvalue weighted by Gasteiger charge is 2.15. The standard InChI is InChI=1S/C23H24N8O3/c24-21(25-10-3-4-11-32)30-20(33)16-8-5-9-17-19(16)29-22(27-17)31-23(34)28-18-12-14-6-1-2-7-15(14)13-26-18/h1-2,5-9,12-13,32H,3-4,10-11H2,(H3,24,25,30,33)(H3,26,27,28,29,31,34). The molecular weight excluding hydrogens is 436 g/mol. The molecule has 7 N–H and O–H groups in total. The fourth-order valence-electron chi connectivity index (χ4n) is 3.33. The van der Waals surface area contributed by atoms with Crippen molar-refractivity contribution in [3.63, 3.8) is 0 Å². The SMILES string of the molecule is NC(=NCCCCO)NC(=O)c1cccc2[nH]c(NC(=O)Nc3cc4ccccc4cn3)nc12. The lowest BCUT2D eigenvalue weighted by atomic mass is 10.2. The van der Waals surface area contributed by atoms with Crippen LogP contribution in [0, 0.1) is 0 Å². The number of aliphatic imine (C=N–C) groups is 1. The summed E-state index contributed by atoms with van der Waals surface area (Å²) in [6.07, 6.45) is 2.95. The van der Waals surface area contributed by atoms with E-state index in [4.69, 9.17) is 10.8 Å². The molecule has 174 valence electrons. The van der Waals surface area contributed by atoms with Gasteiger partial charge in [-0.25, -0.2) is 14.8 Å². The number of unbranched alkanes of at least 4 members (excludes halogenated alkanes) is 1. The normalized spacial score (nSPS) is 11.5. The second-order valence-corrected chi connectivity index (χ2v) is 7.43. The van der Waals surface area contributed by atoms with E-state index in [1.165, 1.54) is 0 Å². The number of H-pyrrole nitrogens is 1. The van der Waals surface area contributed by atoms with Crippen molar-refractivity contribution in [2.75, 3.05) is 23.8 Å². The lowest BCUT2D eigenvalue weighted by Crippen LogP contribution is -2.37. The number of aliphatic hydroxyl groups excluding tert-OH is 1. The van der Waals surface area contributed by atoms with E-state index in [-0.39, 0.29) is 24.1 Å². The smallest absolute Gasteiger partial charge is 0.327 e. The van der Waals surface area contributed by atoms with Gasteiger partial charge in [0.2, 0.25) is 5.95 Å². The number of aromatic nitrogens is 3. The van der Waals surface area contributed by atoms with Crippen LogP contribution in [0.25, 0.3) is 21.8 Å². The van der Waals surface area contributed by atoms with E-state index in [2.05, 4.69) is 35.9 Å². The molecule has 4 aromatic rings. The number of aliphatic hydroxyl groups is 1. The Morgan fingerprint density at radius 2 is 1.88 bits per heavy atom. The molecule has 0 aliphatic carbocycles. The Labute approximate surface area is 194 Å². The molecule has 0 radical (unpaired) electrons. The van der Waals surface area contributed by atoms with Crippen molar-refractivity contribution < 1.29 is 14.7 Å². The maximum atomic E-state index is 12.7. The van der Waals surface area contributed by atoms with E-state index >= 15 is 0 Å². The van der Waals surface area contributed by atoms with E-state index in [9.17, 15) is 9.59 Å². The number of para-hydroxylation sites is 1. The lowest BCUT2D eigenvalue weighted by molar-refractivity contribution is 0.0978. The molecule has 2 aromatic heterocycles. The minimum Gasteiger partial charge on any atom is -0.396 e. The number of rotatable bonds is 7. The summed E-state index contributed by atoms with van der Waals surface area (Å²) in [4.78, 5) is 40.7. The fourth-order valence-corrected chi connectivity index (χ4v) is 3.33. The van der Waals surface area contributed by atoms with Crippen LogP contribution >= 0.6 is 0 Å². The number of nitrogens with one attached hydrogen (secondary N) is 4. The Kier molecular flexibility index (Phi) is 6.94. The third kappa shape index (κ3) is 5.45. The molecule has 2 aromatic carbocycles. The maximum absolute atomic E-state index is 12.7. The second kappa shape index (κ2) is 10.4. The van der Waals surface area contributed by atoms with Gasteiger partial charge >= 0.3 is 6.03 Å². The first kappa shape index (κ1) is 22.7. The Morgan fingerprint density at radius 3 is 2.71 bits per heavy atom. The minimum atomic E-state index is -0.535. The van der Waals surface area contributed by atoms with Gasteiger partial charge in [-0.05, 0) is 36.4 Å². The van der Waals surface area contributed by atoms with Gasteiger partial charge in [0.05, 0.1) is 11.1 Å². The minimum absolute atomic E-state index is 0.0175. The van der Waals surface area contributed by atoms with Crippen molar-refractivity contribution in [1.29, 1.82) is 0 Å². The largest absolute Gasteiger partial charge is 0.396 e. The molecule has 0 bridgehead atoms. The van der Waals surface area contributed by atoms with Crippen molar-refractivity contribution in [1.82, 2.24) is 20.3 Å². The number of carbonyl (C=O) groups excluding carboxylic acids is 2. The average molecular weight is 460 g/mol. The quantitative estimate of drug-likeness (QED) is 0.141. The van der Waals surface area contributed by atoms with E-state index < -0.39 is 11.9 Å². The molecule has 0 aliphatic rings. The molecule has 0 atom stereocenters. The molecule has 34 heavy (non-hydrogen) atoms. The number of imidazole rings is 1. The maximum Gasteiger partial charge on any atom is 0.327 e. The van der Waals surface area contributed by atoms with Crippen LogP contribution in [0.2, 0.25) is 0 Å². The summed E-state index contributed by atoms with van der Waals surface area (Å²) in [5.74, 6) is 0.0632. The van der Waals surface area contributed by atoms with Crippen LogP contribution in [0.1, 0.15) is 23.2 Å². The van der Waals surface area contributed by atoms with Crippen molar-refractivity contribution in [2.24, 2.45) is 10.7 Å². The van der Waals surface area contributed by atoms with Gasteiger partial charge in [0, 0.05) is 24.7 Å². The number of nitrogens with zero attached hydrogens (tertiary/aromatic N) is 3. The van der Waals surface area contributed by atoms with Gasteiger partial charge in [-0.2, -0.15) is 0 Å². The van der Waals surface area contributed by atoms with Crippen molar-refractivity contribution in [2.45, 2.75) is 12.8 Å². The number of fused-ring (bicyclic) bond motifs is 2. The van der Waals surface area contributed by atoms with Gasteiger partial charge in [-0.3, -0.25) is 25.7 Å². The molecule has 0 spiro atoms. The molecule has 0 saturated heterocycles. The Morgan fingerprint density at radius 1 is 1.06 bits per heavy atom. The van der Waals surface area contributed by atoms with Gasteiger partial charge in [-0.15, -0.1) is 0 Å². The molecule has 0 saturated carbocycles. The topological polar surface area (TPSA) is 170 Å². The summed E-state index contributed by atoms with van der Waals surface area (Å²) in [5.41, 5.74) is 6.97. The van der Waals surface area contributed by atoms with Crippen LogP contribution in [0.3, 0.4) is 0 Å². The highest BCUT2D eigenvalue weighted by Crippen LogP contribution is 2.20. The van der Waals surface area contributed by atoms with Crippen LogP contribution in [0.5, 0.6) is 0 Å². The van der Waals surface area contributed by atoms with Gasteiger partial charge in [0.25, 0.3) is 5.91 Å². The number of amides is 3. The third-order valence-electron chi connectivity index (χ3n) is 4.95. The average Bonchev–Trinajstić information content (AvgIpc) is 3.24. The number of anilines is 2. The van der Waals surface area contributed by atoms with Gasteiger partial charge in [-0.1, -0.05) is 30.3 Å². The highest BCUT2D eigenvalue weighted by atomic mass is 16.3. The number of nitrogens with two attached hydrogens (primary N) is 1. The highest BCUT2D eigenvalue weighted by molar-refractivity contribution is 6.11. The summed E-state index contributed by atoms with van der Waals surface area (Å²) >= 11 is 0. The second-order valence-electron chi connectivity index (χ2n) is 7.43. The van der Waals surface area contributed by atoms with E-state index in [1.807, 2.05) is 24.3 Å². The number of carbonyl (C=O) groups is 2. The van der Waals surface area contributed by atoms with Crippen LogP contribution in [-0.2, 0) is 0 Å². The number of pyridine rings is 1. The monoisotopic (exact) mass is 460 g/mol. The van der Waals surface area contributed by atoms with Crippen LogP contribution in [0.4, 0.5) is 16.6 Å². The Bertz CT molecular complexity index is 1360. The first-order valence-corrected chi connectivity index (χ1v) is 10.7. The van der Waals surface area contributed by atoms with E-state index in [0.717, 1.165) is 10.8 Å². The predicted molar refractivity (Wildman–Crippen MR) is 131 cm³/mol. The summed E-state index contributed by atoms with van der Waals surface area (Å²) in [5, 5.41) is 18.5. The summed E-state index contributed by atoms with van der Waals surface area (Å²) in [6.45, 7) is 0.477. The zero-order chi connectivity index (χ0) is 23.9. The molecule has 11 nitrogen and oxygen atoms in total. The third-order valence-corrected chi connectivity index (χ3v) is 4.95. The lowest BCUT2D eigenvalue weighted by Gasteiger charge is -2.06. The number of aromatic amines is 1. The summed E-state index contributed by atoms with van der Waals surface area (Å²) in [6, 6.07) is 13.9. The number of benzene rings is 2. The number of hydrogen-bond acceptors (Lipinski definition) is 6. The van der Waals surface area contributed by atoms with Crippen molar-refractivity contribution in [3.05, 3.63) is 60.3 Å². The molecule has 0 aliphatic heterocycles. The molecule has 0 fully saturated rings. The Hall–Kier alpha value is -4.51. The fraction of sp³-hybridized carbons (Fsp3) is 0.174. The summed E-state index contributed by atoms with van der Waals surface area (Å²) < 4.78 is 0. The molecule has 4 rings (SSSR count). The number of hydrogen-bond donors (Lipinski definition) is 6. The zero-order valence-corrected chi connectivity index (χ0v) is 18.2. The van der Waals surface area contributed by atoms with Crippen LogP contribution in [-0.4, -0.2) is 51.1 Å².